The van der Waals surface area contributed by atoms with Crippen molar-refractivity contribution in [3.05, 3.63) is 0 Å². The fraction of sp³-hybridized carbons (Fsp3) is 0.970. The van der Waals surface area contributed by atoms with Crippen LogP contribution in [0.5, 0.6) is 0 Å². The maximum atomic E-state index is 14.2. The summed E-state index contributed by atoms with van der Waals surface area (Å²) in [4.78, 5) is 51.0. The molecule has 0 saturated heterocycles. The van der Waals surface area contributed by atoms with Crippen LogP contribution in [0.25, 0.3) is 0 Å². The first-order chi connectivity index (χ1) is 53.3. The van der Waals surface area contributed by atoms with Gasteiger partial charge < -0.3 is 30.7 Å². The zero-order valence-corrected chi connectivity index (χ0v) is 74.8. The largest absolute Gasteiger partial charge is 0.356 e. The van der Waals surface area contributed by atoms with Gasteiger partial charge in [-0.05, 0) is 155 Å². The Kier molecular flexibility index (Phi) is 83.2. The van der Waals surface area contributed by atoms with Crippen molar-refractivity contribution in [1.82, 2.24) is 30.7 Å². The molecule has 9 nitrogen and oxygen atoms in total. The van der Waals surface area contributed by atoms with Crippen molar-refractivity contribution < 1.29 is 14.4 Å². The van der Waals surface area contributed by atoms with Gasteiger partial charge >= 0.3 is 0 Å². The van der Waals surface area contributed by atoms with E-state index in [2.05, 4.69) is 72.2 Å². The van der Waals surface area contributed by atoms with E-state index in [1.807, 2.05) is 0 Å². The highest BCUT2D eigenvalue weighted by Crippen LogP contribution is 2.35. The van der Waals surface area contributed by atoms with E-state index in [1.165, 1.54) is 483 Å². The number of rotatable bonds is 90. The number of unbranched alkanes of at least 4 members (excludes halogenated alkanes) is 63. The van der Waals surface area contributed by atoms with Crippen molar-refractivity contribution in [2.45, 2.75) is 523 Å². The molecule has 0 aliphatic heterocycles. The fourth-order valence-corrected chi connectivity index (χ4v) is 17.4. The Bertz CT molecular complexity index is 1520. The fourth-order valence-electron chi connectivity index (χ4n) is 17.4. The van der Waals surface area contributed by atoms with Crippen molar-refractivity contribution in [3.63, 3.8) is 0 Å². The first-order valence-electron chi connectivity index (χ1n) is 50.3. The zero-order chi connectivity index (χ0) is 77.8. The molecule has 0 atom stereocenters. The lowest BCUT2D eigenvalue weighted by atomic mass is 9.74. The third-order valence-corrected chi connectivity index (χ3v) is 24.9. The molecule has 0 unspecified atom stereocenters. The molecule has 0 spiro atoms. The Morgan fingerprint density at radius 2 is 0.287 bits per heavy atom. The highest BCUT2D eigenvalue weighted by molar-refractivity contribution is 5.86. The Morgan fingerprint density at radius 3 is 0.417 bits per heavy atom. The minimum Gasteiger partial charge on any atom is -0.356 e. The second-order valence-corrected chi connectivity index (χ2v) is 35.5. The van der Waals surface area contributed by atoms with E-state index < -0.39 is 0 Å². The lowest BCUT2D eigenvalue weighted by Gasteiger charge is -2.33. The van der Waals surface area contributed by atoms with Crippen LogP contribution < -0.4 is 16.0 Å². The van der Waals surface area contributed by atoms with Crippen molar-refractivity contribution in [2.24, 2.45) is 17.8 Å². The second kappa shape index (κ2) is 86.2. The minimum atomic E-state index is -0.317. The lowest BCUT2D eigenvalue weighted by Crippen LogP contribution is -2.45. The molecule has 3 amide bonds. The van der Waals surface area contributed by atoms with E-state index in [1.54, 1.807) is 0 Å². The van der Waals surface area contributed by atoms with Crippen LogP contribution >= 0.6 is 0 Å². The van der Waals surface area contributed by atoms with Crippen LogP contribution in [0.15, 0.2) is 0 Å². The SMILES string of the molecule is CCCCCCCCCCCCN(CCCCCCCCCCCC)CCCCCCNC(=O)C1CC(C(=O)NCCCCCCN(CCCCCCCCCCCC)CCCCCCCCCCCC)CC(C(=O)NCCCCCCN(CCCCCCCCCCCC)CCCCCCCCCCCC)C1. The minimum absolute atomic E-state index is 0.0511. The molecule has 1 aliphatic rings. The molecule has 1 saturated carbocycles. The molecule has 1 aliphatic carbocycles. The number of hydrogen-bond acceptors (Lipinski definition) is 6. The van der Waals surface area contributed by atoms with Crippen LogP contribution in [-0.4, -0.2) is 111 Å². The highest BCUT2D eigenvalue weighted by atomic mass is 16.2. The molecule has 0 aromatic rings. The van der Waals surface area contributed by atoms with Gasteiger partial charge in [-0.1, -0.05) is 427 Å². The van der Waals surface area contributed by atoms with Gasteiger partial charge in [-0.25, -0.2) is 0 Å². The molecule has 0 radical (unpaired) electrons. The topological polar surface area (TPSA) is 97.0 Å². The number of nitrogens with zero attached hydrogens (tertiary/aromatic N) is 3. The van der Waals surface area contributed by atoms with Gasteiger partial charge in [-0.15, -0.1) is 0 Å². The predicted molar refractivity (Wildman–Crippen MR) is 479 cm³/mol. The van der Waals surface area contributed by atoms with E-state index in [9.17, 15) is 14.4 Å². The lowest BCUT2D eigenvalue weighted by molar-refractivity contribution is -0.135. The van der Waals surface area contributed by atoms with Crippen molar-refractivity contribution in [1.29, 1.82) is 0 Å². The van der Waals surface area contributed by atoms with Crippen molar-refractivity contribution in [3.8, 4) is 0 Å². The summed E-state index contributed by atoms with van der Waals surface area (Å²) in [7, 11) is 0. The molecule has 1 fully saturated rings. The van der Waals surface area contributed by atoms with E-state index in [0.717, 1.165) is 38.5 Å². The van der Waals surface area contributed by atoms with Crippen molar-refractivity contribution >= 4 is 17.7 Å². The van der Waals surface area contributed by atoms with Crippen LogP contribution in [0.2, 0.25) is 0 Å². The maximum absolute atomic E-state index is 14.2. The standard InChI is InChI=1S/C99H198N6O3/c1-7-13-19-25-31-37-43-49-58-70-82-103(83-71-59-50-44-38-32-26-20-14-8-2)88-76-64-55-67-79-100-97(106)94-91-95(98(107)101-80-68-56-65-77-89-104(84-72-60-51-45-39-33-27-21-15-9-3)85-73-61-52-46-40-34-28-22-16-10-4)93-96(92-94)99(108)102-81-69-57-66-78-90-105(86-74-62-53-47-41-35-29-23-17-11-5)87-75-63-54-48-42-36-30-24-18-12-6/h94-96H,7-93H2,1-6H3,(H,100,106)(H,101,107)(H,102,108). The summed E-state index contributed by atoms with van der Waals surface area (Å²) in [5.41, 5.74) is 0. The number of carbonyl (C=O) groups is 3. The summed E-state index contributed by atoms with van der Waals surface area (Å²) in [5.74, 6) is -0.798. The third kappa shape index (κ3) is 72.0. The second-order valence-electron chi connectivity index (χ2n) is 35.5. The van der Waals surface area contributed by atoms with Crippen molar-refractivity contribution in [2.75, 3.05) is 78.5 Å². The molecular weight excluding hydrogens is 1320 g/mol. The molecule has 0 heterocycles. The summed E-state index contributed by atoms with van der Waals surface area (Å²) in [5, 5.41) is 10.0. The summed E-state index contributed by atoms with van der Waals surface area (Å²) in [6.45, 7) is 27.0. The molecular formula is C99H198N6O3. The average molecular weight is 1520 g/mol. The van der Waals surface area contributed by atoms with E-state index in [4.69, 9.17) is 0 Å². The third-order valence-electron chi connectivity index (χ3n) is 24.9. The quantitative estimate of drug-likeness (QED) is 0.0525. The summed E-state index contributed by atoms with van der Waals surface area (Å²) in [6, 6.07) is 0. The zero-order valence-electron chi connectivity index (χ0n) is 74.8. The van der Waals surface area contributed by atoms with Gasteiger partial charge in [0, 0.05) is 37.4 Å². The molecule has 0 bridgehead atoms. The molecule has 1 rings (SSSR count). The van der Waals surface area contributed by atoms with Gasteiger partial charge in [0.25, 0.3) is 0 Å². The number of nitrogens with one attached hydrogen (secondary N) is 3. The predicted octanol–water partition coefficient (Wildman–Crippen LogP) is 29.5. The normalized spacial score (nSPS) is 14.7. The summed E-state index contributed by atoms with van der Waals surface area (Å²) in [6.07, 6.45) is 98.7. The van der Waals surface area contributed by atoms with Gasteiger partial charge in [0.05, 0.1) is 0 Å². The van der Waals surface area contributed by atoms with E-state index >= 15 is 0 Å². The smallest absolute Gasteiger partial charge is 0.223 e. The van der Waals surface area contributed by atoms with E-state index in [0.29, 0.717) is 38.9 Å². The van der Waals surface area contributed by atoms with Gasteiger partial charge in [0.15, 0.2) is 0 Å². The maximum Gasteiger partial charge on any atom is 0.223 e. The van der Waals surface area contributed by atoms with Gasteiger partial charge in [0.2, 0.25) is 17.7 Å². The Morgan fingerprint density at radius 1 is 0.176 bits per heavy atom. The molecule has 9 heteroatoms. The highest BCUT2D eigenvalue weighted by Gasteiger charge is 2.39. The summed E-state index contributed by atoms with van der Waals surface area (Å²) >= 11 is 0. The number of hydrogen-bond donors (Lipinski definition) is 3. The Hall–Kier alpha value is -1.71. The average Bonchev–Trinajstić information content (AvgIpc) is 0.828. The van der Waals surface area contributed by atoms with Crippen LogP contribution in [0.4, 0.5) is 0 Å². The van der Waals surface area contributed by atoms with Crippen LogP contribution in [0.1, 0.15) is 523 Å². The van der Waals surface area contributed by atoms with Crippen LogP contribution in [-0.2, 0) is 14.4 Å². The van der Waals surface area contributed by atoms with Crippen LogP contribution in [0, 0.1) is 17.8 Å². The Balaban J connectivity index is 2.91. The van der Waals surface area contributed by atoms with Crippen LogP contribution in [0.3, 0.4) is 0 Å². The monoisotopic (exact) mass is 1520 g/mol. The molecule has 108 heavy (non-hydrogen) atoms. The molecule has 3 N–H and O–H groups in total. The first-order valence-corrected chi connectivity index (χ1v) is 50.3. The van der Waals surface area contributed by atoms with Gasteiger partial charge in [0.1, 0.15) is 0 Å². The first kappa shape index (κ1) is 104. The molecule has 0 aromatic heterocycles. The molecule has 642 valence electrons. The van der Waals surface area contributed by atoms with Gasteiger partial charge in [-0.3, -0.25) is 14.4 Å². The number of amides is 3. The van der Waals surface area contributed by atoms with Gasteiger partial charge in [-0.2, -0.15) is 0 Å². The molecule has 0 aromatic carbocycles. The summed E-state index contributed by atoms with van der Waals surface area (Å²) < 4.78 is 0. The van der Waals surface area contributed by atoms with E-state index in [-0.39, 0.29) is 35.5 Å². The Labute approximate surface area is 678 Å². The number of carbonyl (C=O) groups excluding carboxylic acids is 3.